The van der Waals surface area contributed by atoms with Crippen molar-refractivity contribution >= 4 is 32.3 Å². The number of rotatable bonds is 5. The first-order valence-electron chi connectivity index (χ1n) is 15.3. The van der Waals surface area contributed by atoms with Gasteiger partial charge in [-0.05, 0) is 113 Å². The number of ether oxygens (including phenoxy) is 1. The third kappa shape index (κ3) is 4.52. The van der Waals surface area contributed by atoms with Crippen LogP contribution in [0.15, 0.2) is 152 Å². The molecule has 0 atom stereocenters. The monoisotopic (exact) mass is 598 g/mol. The van der Waals surface area contributed by atoms with Crippen LogP contribution in [-0.2, 0) is 0 Å². The highest BCUT2D eigenvalue weighted by Crippen LogP contribution is 2.53. The van der Waals surface area contributed by atoms with Crippen LogP contribution in [0.4, 0.5) is 8.78 Å². The molecular weight excluding hydrogens is 570 g/mol. The van der Waals surface area contributed by atoms with Crippen LogP contribution in [0.1, 0.15) is 0 Å². The molecule has 0 aliphatic heterocycles. The summed E-state index contributed by atoms with van der Waals surface area (Å²) in [5, 5.41) is 6.38. The molecule has 0 N–H and O–H groups in total. The first-order chi connectivity index (χ1) is 22.6. The average Bonchev–Trinajstić information content (AvgIpc) is 3.11. The molecule has 0 aliphatic carbocycles. The van der Waals surface area contributed by atoms with E-state index in [0.29, 0.717) is 0 Å². The van der Waals surface area contributed by atoms with Crippen LogP contribution in [0.3, 0.4) is 0 Å². The van der Waals surface area contributed by atoms with Crippen molar-refractivity contribution < 1.29 is 13.5 Å². The highest BCUT2D eigenvalue weighted by atomic mass is 19.1. The van der Waals surface area contributed by atoms with E-state index in [1.807, 2.05) is 54.6 Å². The van der Waals surface area contributed by atoms with E-state index in [4.69, 9.17) is 4.74 Å². The molecule has 0 aromatic heterocycles. The molecule has 0 heterocycles. The fourth-order valence-electron chi connectivity index (χ4n) is 6.92. The van der Waals surface area contributed by atoms with Crippen molar-refractivity contribution in [1.82, 2.24) is 0 Å². The SMILES string of the molecule is COc1ccc(-c2c3ccccc3c(-c3ccccc3)c3c(-c4ccc(F)cc4)c4ccccc4c(-c4ccc(F)cc4)c23)cc1. The van der Waals surface area contributed by atoms with Crippen LogP contribution in [0.2, 0.25) is 0 Å². The molecule has 0 radical (unpaired) electrons. The van der Waals surface area contributed by atoms with Gasteiger partial charge in [0.1, 0.15) is 17.4 Å². The maximum absolute atomic E-state index is 14.4. The van der Waals surface area contributed by atoms with E-state index >= 15 is 0 Å². The van der Waals surface area contributed by atoms with Gasteiger partial charge in [0.05, 0.1) is 7.11 Å². The van der Waals surface area contributed by atoms with E-state index in [1.165, 1.54) is 24.3 Å². The molecule has 8 aromatic carbocycles. The Labute approximate surface area is 266 Å². The van der Waals surface area contributed by atoms with Gasteiger partial charge < -0.3 is 4.74 Å². The van der Waals surface area contributed by atoms with Gasteiger partial charge in [0.15, 0.2) is 0 Å². The zero-order valence-corrected chi connectivity index (χ0v) is 25.1. The van der Waals surface area contributed by atoms with Crippen LogP contribution < -0.4 is 4.74 Å². The van der Waals surface area contributed by atoms with Gasteiger partial charge in [0.2, 0.25) is 0 Å². The number of methoxy groups -OCH3 is 1. The van der Waals surface area contributed by atoms with Crippen LogP contribution in [0.25, 0.3) is 76.8 Å². The smallest absolute Gasteiger partial charge is 0.123 e. The minimum absolute atomic E-state index is 0.284. The lowest BCUT2D eigenvalue weighted by molar-refractivity contribution is 0.415. The molecule has 46 heavy (non-hydrogen) atoms. The Hall–Kier alpha value is -5.80. The summed E-state index contributed by atoms with van der Waals surface area (Å²) in [7, 11) is 1.67. The lowest BCUT2D eigenvalue weighted by Crippen LogP contribution is -1.98. The highest BCUT2D eigenvalue weighted by Gasteiger charge is 2.25. The van der Waals surface area contributed by atoms with Crippen molar-refractivity contribution in [2.24, 2.45) is 0 Å². The van der Waals surface area contributed by atoms with Crippen LogP contribution in [0, 0.1) is 11.6 Å². The van der Waals surface area contributed by atoms with Crippen molar-refractivity contribution in [3.05, 3.63) is 163 Å². The van der Waals surface area contributed by atoms with Crippen molar-refractivity contribution in [2.75, 3.05) is 7.11 Å². The lowest BCUT2D eigenvalue weighted by Gasteiger charge is -2.25. The fourth-order valence-corrected chi connectivity index (χ4v) is 6.92. The Bertz CT molecular complexity index is 2380. The summed E-state index contributed by atoms with van der Waals surface area (Å²) < 4.78 is 34.4. The van der Waals surface area contributed by atoms with Crippen molar-refractivity contribution in [3.8, 4) is 50.3 Å². The van der Waals surface area contributed by atoms with Gasteiger partial charge in [-0.1, -0.05) is 115 Å². The van der Waals surface area contributed by atoms with E-state index in [1.54, 1.807) is 7.11 Å². The molecule has 8 rings (SSSR count). The van der Waals surface area contributed by atoms with Gasteiger partial charge in [0, 0.05) is 0 Å². The van der Waals surface area contributed by atoms with E-state index in [9.17, 15) is 8.78 Å². The molecule has 0 unspecified atom stereocenters. The average molecular weight is 599 g/mol. The van der Waals surface area contributed by atoms with Crippen LogP contribution in [0.5, 0.6) is 5.75 Å². The third-order valence-corrected chi connectivity index (χ3v) is 8.89. The number of benzene rings is 8. The summed E-state index contributed by atoms with van der Waals surface area (Å²) in [6.07, 6.45) is 0. The van der Waals surface area contributed by atoms with Gasteiger partial charge in [-0.25, -0.2) is 8.78 Å². The molecule has 0 saturated heterocycles. The number of halogens is 2. The summed E-state index contributed by atoms with van der Waals surface area (Å²) in [4.78, 5) is 0. The predicted molar refractivity (Wildman–Crippen MR) is 187 cm³/mol. The van der Waals surface area contributed by atoms with Crippen LogP contribution in [-0.4, -0.2) is 7.11 Å². The van der Waals surface area contributed by atoms with Gasteiger partial charge >= 0.3 is 0 Å². The molecule has 0 bridgehead atoms. The van der Waals surface area contributed by atoms with Gasteiger partial charge in [-0.2, -0.15) is 0 Å². The quantitative estimate of drug-likeness (QED) is 0.179. The fraction of sp³-hybridized carbons (Fsp3) is 0.0233. The minimum atomic E-state index is -0.286. The maximum atomic E-state index is 14.4. The first-order valence-corrected chi connectivity index (χ1v) is 15.3. The summed E-state index contributed by atoms with van der Waals surface area (Å²) in [5.74, 6) is 0.202. The summed E-state index contributed by atoms with van der Waals surface area (Å²) >= 11 is 0. The highest BCUT2D eigenvalue weighted by molar-refractivity contribution is 6.33. The standard InChI is InChI=1S/C43H28F2O/c1-46-33-25-19-30(20-26-33)41-35-12-6-5-11-34(35)38(27-9-3-2-4-10-27)42-39(28-15-21-31(44)22-16-28)36-13-7-8-14-37(36)40(43(41)42)29-17-23-32(45)24-18-29/h2-26H,1H3. The molecule has 220 valence electrons. The molecule has 0 aliphatic rings. The second kappa shape index (κ2) is 11.3. The van der Waals surface area contributed by atoms with Gasteiger partial charge in [-0.3, -0.25) is 0 Å². The number of fused-ring (bicyclic) bond motifs is 3. The zero-order valence-electron chi connectivity index (χ0n) is 25.1. The maximum Gasteiger partial charge on any atom is 0.123 e. The molecule has 0 spiro atoms. The molecule has 8 aromatic rings. The second-order valence-corrected chi connectivity index (χ2v) is 11.4. The number of hydrogen-bond acceptors (Lipinski definition) is 1. The predicted octanol–water partition coefficient (Wildman–Crippen LogP) is 12.1. The molecule has 1 nitrogen and oxygen atoms in total. The largest absolute Gasteiger partial charge is 0.497 e. The third-order valence-electron chi connectivity index (χ3n) is 8.89. The summed E-state index contributed by atoms with van der Waals surface area (Å²) in [6, 6.07) is 49.1. The molecule has 0 saturated carbocycles. The van der Waals surface area contributed by atoms with E-state index in [2.05, 4.69) is 72.8 Å². The van der Waals surface area contributed by atoms with Crippen molar-refractivity contribution in [1.29, 1.82) is 0 Å². The summed E-state index contributed by atoms with van der Waals surface area (Å²) in [6.45, 7) is 0. The molecular formula is C43H28F2O. The van der Waals surface area contributed by atoms with Crippen molar-refractivity contribution in [2.45, 2.75) is 0 Å². The Kier molecular flexibility index (Phi) is 6.80. The molecule has 0 fully saturated rings. The second-order valence-electron chi connectivity index (χ2n) is 11.4. The van der Waals surface area contributed by atoms with Crippen molar-refractivity contribution in [3.63, 3.8) is 0 Å². The normalized spacial score (nSPS) is 11.4. The Morgan fingerprint density at radius 2 is 0.652 bits per heavy atom. The summed E-state index contributed by atoms with van der Waals surface area (Å²) in [5.41, 5.74) is 8.15. The van der Waals surface area contributed by atoms with E-state index < -0.39 is 0 Å². The number of hydrogen-bond donors (Lipinski definition) is 0. The Balaban J connectivity index is 1.73. The molecule has 3 heteroatoms. The van der Waals surface area contributed by atoms with Gasteiger partial charge in [-0.15, -0.1) is 0 Å². The first kappa shape index (κ1) is 27.7. The lowest BCUT2D eigenvalue weighted by atomic mass is 9.77. The zero-order chi connectivity index (χ0) is 31.2. The Morgan fingerprint density at radius 1 is 0.348 bits per heavy atom. The van der Waals surface area contributed by atoms with E-state index in [0.717, 1.165) is 82.6 Å². The van der Waals surface area contributed by atoms with Crippen LogP contribution >= 0.6 is 0 Å². The van der Waals surface area contributed by atoms with E-state index in [-0.39, 0.29) is 11.6 Å². The van der Waals surface area contributed by atoms with Gasteiger partial charge in [0.25, 0.3) is 0 Å². The molecule has 0 amide bonds. The topological polar surface area (TPSA) is 9.23 Å². The Morgan fingerprint density at radius 3 is 1.00 bits per heavy atom. The minimum Gasteiger partial charge on any atom is -0.497 e.